The minimum Gasteiger partial charge on any atom is -0.490 e. The van der Waals surface area contributed by atoms with E-state index in [0.29, 0.717) is 19.6 Å². The van der Waals surface area contributed by atoms with E-state index in [4.69, 9.17) is 9.47 Å². The van der Waals surface area contributed by atoms with Crippen LogP contribution in [-0.4, -0.2) is 13.2 Å². The van der Waals surface area contributed by atoms with Gasteiger partial charge in [0, 0.05) is 6.42 Å². The second-order valence-corrected chi connectivity index (χ2v) is 5.56. The summed E-state index contributed by atoms with van der Waals surface area (Å²) in [7, 11) is 0. The molecule has 3 heteroatoms. The van der Waals surface area contributed by atoms with Crippen molar-refractivity contribution in [3.05, 3.63) is 59.2 Å². The van der Waals surface area contributed by atoms with E-state index < -0.39 is 0 Å². The summed E-state index contributed by atoms with van der Waals surface area (Å²) in [5.74, 6) is 1.32. The Kier molecular flexibility index (Phi) is 6.05. The highest BCUT2D eigenvalue weighted by Gasteiger charge is 2.14. The quantitative estimate of drug-likeness (QED) is 0.739. The average molecular weight is 309 g/mol. The van der Waals surface area contributed by atoms with Crippen molar-refractivity contribution in [2.45, 2.75) is 33.1 Å². The summed E-state index contributed by atoms with van der Waals surface area (Å²) in [6.07, 6.45) is 0.654. The lowest BCUT2D eigenvalue weighted by Gasteiger charge is -2.15. The van der Waals surface area contributed by atoms with E-state index in [0.717, 1.165) is 22.6 Å². The SMILES string of the molecule is CCOc1ccccc1OCCC(C#N)c1cc(C)ccc1C. The van der Waals surface area contributed by atoms with Gasteiger partial charge in [0.05, 0.1) is 25.2 Å². The first-order valence-electron chi connectivity index (χ1n) is 7.97. The molecule has 0 N–H and O–H groups in total. The van der Waals surface area contributed by atoms with Gasteiger partial charge in [0.25, 0.3) is 0 Å². The molecule has 0 bridgehead atoms. The summed E-state index contributed by atoms with van der Waals surface area (Å²) in [6, 6.07) is 16.3. The number of hydrogen-bond acceptors (Lipinski definition) is 3. The standard InChI is InChI=1S/C20H23NO2/c1-4-22-19-7-5-6-8-20(19)23-12-11-17(14-21)18-13-15(2)9-10-16(18)3/h5-10,13,17H,4,11-12H2,1-3H3. The minimum absolute atomic E-state index is 0.158. The fourth-order valence-electron chi connectivity index (χ4n) is 2.56. The van der Waals surface area contributed by atoms with Gasteiger partial charge in [0.1, 0.15) is 0 Å². The van der Waals surface area contributed by atoms with Crippen molar-refractivity contribution < 1.29 is 9.47 Å². The molecular weight excluding hydrogens is 286 g/mol. The molecule has 3 nitrogen and oxygen atoms in total. The van der Waals surface area contributed by atoms with Crippen molar-refractivity contribution in [2.24, 2.45) is 0 Å². The monoisotopic (exact) mass is 309 g/mol. The Hall–Kier alpha value is -2.47. The van der Waals surface area contributed by atoms with Crippen molar-refractivity contribution in [3.8, 4) is 17.6 Å². The Morgan fingerprint density at radius 3 is 2.39 bits per heavy atom. The van der Waals surface area contributed by atoms with Crippen LogP contribution in [0.4, 0.5) is 0 Å². The normalized spacial score (nSPS) is 11.6. The van der Waals surface area contributed by atoms with E-state index in [1.165, 1.54) is 5.56 Å². The van der Waals surface area contributed by atoms with Crippen molar-refractivity contribution in [1.82, 2.24) is 0 Å². The van der Waals surface area contributed by atoms with E-state index in [1.807, 2.05) is 45.0 Å². The number of nitriles is 1. The molecule has 2 rings (SSSR count). The zero-order chi connectivity index (χ0) is 16.7. The highest BCUT2D eigenvalue weighted by Crippen LogP contribution is 2.28. The lowest BCUT2D eigenvalue weighted by Crippen LogP contribution is -2.07. The molecule has 0 aliphatic heterocycles. The first-order chi connectivity index (χ1) is 11.2. The van der Waals surface area contributed by atoms with E-state index in [-0.39, 0.29) is 5.92 Å². The maximum Gasteiger partial charge on any atom is 0.161 e. The summed E-state index contributed by atoms with van der Waals surface area (Å²) < 4.78 is 11.4. The van der Waals surface area contributed by atoms with Crippen molar-refractivity contribution in [3.63, 3.8) is 0 Å². The Morgan fingerprint density at radius 1 is 1.04 bits per heavy atom. The van der Waals surface area contributed by atoms with E-state index in [2.05, 4.69) is 24.3 Å². The Bertz CT molecular complexity index is 688. The summed E-state index contributed by atoms with van der Waals surface area (Å²) in [5, 5.41) is 9.50. The van der Waals surface area contributed by atoms with Gasteiger partial charge in [-0.05, 0) is 44.0 Å². The molecule has 23 heavy (non-hydrogen) atoms. The molecule has 2 aromatic rings. The van der Waals surface area contributed by atoms with Gasteiger partial charge in [-0.25, -0.2) is 0 Å². The van der Waals surface area contributed by atoms with Gasteiger partial charge in [-0.15, -0.1) is 0 Å². The number of nitrogens with zero attached hydrogens (tertiary/aromatic N) is 1. The molecular formula is C20H23NO2. The largest absolute Gasteiger partial charge is 0.490 e. The van der Waals surface area contributed by atoms with Crippen LogP contribution in [0.5, 0.6) is 11.5 Å². The first kappa shape index (κ1) is 16.9. The molecule has 0 radical (unpaired) electrons. The van der Waals surface area contributed by atoms with E-state index in [1.54, 1.807) is 0 Å². The van der Waals surface area contributed by atoms with Crippen LogP contribution in [0.15, 0.2) is 42.5 Å². The van der Waals surface area contributed by atoms with Crippen molar-refractivity contribution in [2.75, 3.05) is 13.2 Å². The fourth-order valence-corrected chi connectivity index (χ4v) is 2.56. The Morgan fingerprint density at radius 2 is 1.74 bits per heavy atom. The zero-order valence-electron chi connectivity index (χ0n) is 14.0. The van der Waals surface area contributed by atoms with Crippen LogP contribution < -0.4 is 9.47 Å². The van der Waals surface area contributed by atoms with Crippen LogP contribution in [0, 0.1) is 25.2 Å². The number of hydrogen-bond donors (Lipinski definition) is 0. The summed E-state index contributed by atoms with van der Waals surface area (Å²) in [6.45, 7) is 7.12. The molecule has 0 aliphatic carbocycles. The lowest BCUT2D eigenvalue weighted by atomic mass is 9.92. The van der Waals surface area contributed by atoms with Gasteiger partial charge in [0.15, 0.2) is 11.5 Å². The third kappa shape index (κ3) is 4.50. The van der Waals surface area contributed by atoms with Gasteiger partial charge in [0.2, 0.25) is 0 Å². The molecule has 0 amide bonds. The molecule has 0 saturated heterocycles. The highest BCUT2D eigenvalue weighted by atomic mass is 16.5. The minimum atomic E-state index is -0.158. The molecule has 1 atom stereocenters. The number of rotatable bonds is 7. The van der Waals surface area contributed by atoms with Crippen molar-refractivity contribution >= 4 is 0 Å². The second kappa shape index (κ2) is 8.24. The van der Waals surface area contributed by atoms with E-state index in [9.17, 15) is 5.26 Å². The van der Waals surface area contributed by atoms with Gasteiger partial charge in [-0.2, -0.15) is 5.26 Å². The molecule has 1 unspecified atom stereocenters. The lowest BCUT2D eigenvalue weighted by molar-refractivity contribution is 0.271. The van der Waals surface area contributed by atoms with Crippen LogP contribution in [-0.2, 0) is 0 Å². The summed E-state index contributed by atoms with van der Waals surface area (Å²) >= 11 is 0. The van der Waals surface area contributed by atoms with E-state index >= 15 is 0 Å². The number of ether oxygens (including phenoxy) is 2. The van der Waals surface area contributed by atoms with Crippen LogP contribution in [0.25, 0.3) is 0 Å². The van der Waals surface area contributed by atoms with Crippen LogP contribution in [0.1, 0.15) is 36.0 Å². The Labute approximate surface area is 138 Å². The van der Waals surface area contributed by atoms with Gasteiger partial charge in [-0.1, -0.05) is 35.9 Å². The molecule has 0 heterocycles. The topological polar surface area (TPSA) is 42.2 Å². The van der Waals surface area contributed by atoms with Gasteiger partial charge in [-0.3, -0.25) is 0 Å². The van der Waals surface area contributed by atoms with Gasteiger partial charge >= 0.3 is 0 Å². The van der Waals surface area contributed by atoms with Crippen LogP contribution in [0.3, 0.4) is 0 Å². The smallest absolute Gasteiger partial charge is 0.161 e. The summed E-state index contributed by atoms with van der Waals surface area (Å²) in [5.41, 5.74) is 3.42. The average Bonchev–Trinajstić information content (AvgIpc) is 2.56. The third-order valence-corrected chi connectivity index (χ3v) is 3.78. The molecule has 0 fully saturated rings. The summed E-state index contributed by atoms with van der Waals surface area (Å²) in [4.78, 5) is 0. The maximum absolute atomic E-state index is 9.50. The fraction of sp³-hybridized carbons (Fsp3) is 0.350. The Balaban J connectivity index is 2.02. The molecule has 120 valence electrons. The first-order valence-corrected chi connectivity index (χ1v) is 7.97. The molecule has 0 spiro atoms. The highest BCUT2D eigenvalue weighted by molar-refractivity contribution is 5.39. The predicted molar refractivity (Wildman–Crippen MR) is 92.0 cm³/mol. The number of benzene rings is 2. The van der Waals surface area contributed by atoms with Crippen molar-refractivity contribution in [1.29, 1.82) is 5.26 Å². The van der Waals surface area contributed by atoms with Crippen LogP contribution >= 0.6 is 0 Å². The third-order valence-electron chi connectivity index (χ3n) is 3.78. The number of para-hydroxylation sites is 2. The van der Waals surface area contributed by atoms with Crippen LogP contribution in [0.2, 0.25) is 0 Å². The van der Waals surface area contributed by atoms with Gasteiger partial charge < -0.3 is 9.47 Å². The molecule has 2 aromatic carbocycles. The molecule has 0 saturated carbocycles. The second-order valence-electron chi connectivity index (χ2n) is 5.56. The zero-order valence-corrected chi connectivity index (χ0v) is 14.0. The molecule has 0 aromatic heterocycles. The molecule has 0 aliphatic rings. The number of aryl methyl sites for hydroxylation is 2. The predicted octanol–water partition coefficient (Wildman–Crippen LogP) is 4.78. The maximum atomic E-state index is 9.50.